The number of carbonyl (C=O) groups excluding carboxylic acids is 2. The number of nitrogens with one attached hydrogen (secondary N) is 1. The number of amides is 3. The minimum atomic E-state index is -0.287. The van der Waals surface area contributed by atoms with Crippen LogP contribution in [0.15, 0.2) is 61.2 Å². The van der Waals surface area contributed by atoms with E-state index in [1.54, 1.807) is 28.0 Å². The molecule has 4 rings (SSSR count). The maximum atomic E-state index is 13.3. The van der Waals surface area contributed by atoms with Crippen LogP contribution in [0.5, 0.6) is 5.88 Å². The molecule has 170 valence electrons. The number of hydrogen-bond acceptors (Lipinski definition) is 6. The normalized spacial score (nSPS) is 13.5. The molecule has 0 unspecified atom stereocenters. The molecule has 0 spiro atoms. The van der Waals surface area contributed by atoms with Gasteiger partial charge in [0, 0.05) is 62.8 Å². The highest BCUT2D eigenvalue weighted by Gasteiger charge is 2.25. The van der Waals surface area contributed by atoms with Gasteiger partial charge in [0.15, 0.2) is 5.82 Å². The summed E-state index contributed by atoms with van der Waals surface area (Å²) in [6, 6.07) is 9.29. The quantitative estimate of drug-likeness (QED) is 0.620. The number of halogens is 1. The molecule has 1 fully saturated rings. The summed E-state index contributed by atoms with van der Waals surface area (Å²) in [5.74, 6) is 0.271. The van der Waals surface area contributed by atoms with Crippen molar-refractivity contribution in [2.24, 2.45) is 0 Å². The first-order valence-corrected chi connectivity index (χ1v) is 10.5. The van der Waals surface area contributed by atoms with E-state index in [1.165, 1.54) is 36.9 Å². The summed E-state index contributed by atoms with van der Waals surface area (Å²) in [5.41, 5.74) is 1.28. The fraction of sp³-hybridized carbons (Fsp3) is 0.261. The molecule has 1 aliphatic heterocycles. The van der Waals surface area contributed by atoms with Crippen LogP contribution in [0.3, 0.4) is 0 Å². The molecule has 1 aliphatic rings. The van der Waals surface area contributed by atoms with Crippen molar-refractivity contribution >= 4 is 17.8 Å². The Bertz CT molecular complexity index is 1110. The summed E-state index contributed by atoms with van der Waals surface area (Å²) in [6.07, 6.45) is 6.55. The lowest BCUT2D eigenvalue weighted by Crippen LogP contribution is -2.51. The van der Waals surface area contributed by atoms with Crippen molar-refractivity contribution in [3.05, 3.63) is 78.1 Å². The number of rotatable bonds is 6. The van der Waals surface area contributed by atoms with Crippen LogP contribution in [0.4, 0.5) is 15.0 Å². The highest BCUT2D eigenvalue weighted by Crippen LogP contribution is 2.15. The van der Waals surface area contributed by atoms with Crippen LogP contribution in [0.1, 0.15) is 15.9 Å². The number of ether oxygens (including phenoxy) is 1. The van der Waals surface area contributed by atoms with Crippen molar-refractivity contribution in [1.82, 2.24) is 24.8 Å². The van der Waals surface area contributed by atoms with Crippen molar-refractivity contribution < 1.29 is 18.7 Å². The van der Waals surface area contributed by atoms with Crippen molar-refractivity contribution in [3.63, 3.8) is 0 Å². The van der Waals surface area contributed by atoms with Crippen molar-refractivity contribution in [2.75, 3.05) is 38.1 Å². The third kappa shape index (κ3) is 6.00. The third-order valence-electron chi connectivity index (χ3n) is 5.16. The molecule has 33 heavy (non-hydrogen) atoms. The molecule has 3 amide bonds. The lowest BCUT2D eigenvalue weighted by Gasteiger charge is -2.34. The van der Waals surface area contributed by atoms with E-state index >= 15 is 0 Å². The van der Waals surface area contributed by atoms with Gasteiger partial charge in [-0.05, 0) is 23.8 Å². The van der Waals surface area contributed by atoms with Crippen LogP contribution >= 0.6 is 0 Å². The first-order valence-electron chi connectivity index (χ1n) is 10.5. The number of hydrogen-bond donors (Lipinski definition) is 1. The molecule has 2 aromatic heterocycles. The fourth-order valence-corrected chi connectivity index (χ4v) is 3.43. The second-order valence-corrected chi connectivity index (χ2v) is 7.41. The number of carbonyl (C=O) groups is 2. The van der Waals surface area contributed by atoms with Crippen LogP contribution in [0.25, 0.3) is 0 Å². The standard InChI is InChI=1S/C23H23FN6O3/c24-19-3-1-2-17(14-19)5-13-33-21-15-18(4-6-27-21)22(31)29-9-11-30(12-10-29)23(32)28-20-16-25-7-8-26-20/h1-4,6-8,14-16H,5,9-13H2,(H,26,28,32). The number of nitrogens with zero attached hydrogens (tertiary/aromatic N) is 5. The monoisotopic (exact) mass is 450 g/mol. The van der Waals surface area contributed by atoms with E-state index in [0.29, 0.717) is 56.5 Å². The van der Waals surface area contributed by atoms with Gasteiger partial charge in [-0.2, -0.15) is 0 Å². The van der Waals surface area contributed by atoms with Gasteiger partial charge in [0.1, 0.15) is 5.82 Å². The zero-order valence-corrected chi connectivity index (χ0v) is 17.9. The number of pyridine rings is 1. The number of urea groups is 1. The van der Waals surface area contributed by atoms with E-state index in [2.05, 4.69) is 20.3 Å². The van der Waals surface area contributed by atoms with Crippen LogP contribution in [0.2, 0.25) is 0 Å². The van der Waals surface area contributed by atoms with Crippen LogP contribution in [0, 0.1) is 5.82 Å². The van der Waals surface area contributed by atoms with E-state index in [4.69, 9.17) is 4.74 Å². The molecule has 0 atom stereocenters. The average molecular weight is 450 g/mol. The largest absolute Gasteiger partial charge is 0.477 e. The molecular weight excluding hydrogens is 427 g/mol. The minimum absolute atomic E-state index is 0.152. The molecule has 10 heteroatoms. The van der Waals surface area contributed by atoms with Gasteiger partial charge in [-0.25, -0.2) is 19.2 Å². The molecule has 1 saturated heterocycles. The molecule has 1 aromatic carbocycles. The zero-order chi connectivity index (χ0) is 23.0. The summed E-state index contributed by atoms with van der Waals surface area (Å²) >= 11 is 0. The summed E-state index contributed by atoms with van der Waals surface area (Å²) < 4.78 is 18.9. The summed E-state index contributed by atoms with van der Waals surface area (Å²) in [4.78, 5) is 40.7. The summed E-state index contributed by atoms with van der Waals surface area (Å²) in [5, 5.41) is 2.69. The Kier molecular flexibility index (Phi) is 7.03. The average Bonchev–Trinajstić information content (AvgIpc) is 2.84. The highest BCUT2D eigenvalue weighted by atomic mass is 19.1. The summed E-state index contributed by atoms with van der Waals surface area (Å²) in [6.45, 7) is 1.93. The molecule has 0 saturated carbocycles. The van der Waals surface area contributed by atoms with Gasteiger partial charge in [0.2, 0.25) is 5.88 Å². The molecule has 9 nitrogen and oxygen atoms in total. The summed E-state index contributed by atoms with van der Waals surface area (Å²) in [7, 11) is 0. The van der Waals surface area contributed by atoms with E-state index in [-0.39, 0.29) is 17.8 Å². The predicted octanol–water partition coefficient (Wildman–Crippen LogP) is 2.62. The molecular formula is C23H23FN6O3. The van der Waals surface area contributed by atoms with E-state index in [9.17, 15) is 14.0 Å². The Balaban J connectivity index is 1.27. The number of piperazine rings is 1. The first kappa shape index (κ1) is 22.1. The number of anilines is 1. The second kappa shape index (κ2) is 10.5. The second-order valence-electron chi connectivity index (χ2n) is 7.41. The number of aromatic nitrogens is 3. The van der Waals surface area contributed by atoms with E-state index in [0.717, 1.165) is 5.56 Å². The Labute approximate surface area is 190 Å². The lowest BCUT2D eigenvalue weighted by molar-refractivity contribution is 0.0671. The van der Waals surface area contributed by atoms with Gasteiger partial charge < -0.3 is 14.5 Å². The molecule has 0 bridgehead atoms. The molecule has 3 aromatic rings. The minimum Gasteiger partial charge on any atom is -0.477 e. The van der Waals surface area contributed by atoms with Gasteiger partial charge >= 0.3 is 6.03 Å². The van der Waals surface area contributed by atoms with Gasteiger partial charge in [0.25, 0.3) is 5.91 Å². The molecule has 0 radical (unpaired) electrons. The predicted molar refractivity (Wildman–Crippen MR) is 118 cm³/mol. The Hall–Kier alpha value is -4.08. The Morgan fingerprint density at radius 1 is 1.00 bits per heavy atom. The van der Waals surface area contributed by atoms with Crippen molar-refractivity contribution in [2.45, 2.75) is 6.42 Å². The number of benzene rings is 1. The van der Waals surface area contributed by atoms with Crippen molar-refractivity contribution in [3.8, 4) is 5.88 Å². The third-order valence-corrected chi connectivity index (χ3v) is 5.16. The zero-order valence-electron chi connectivity index (χ0n) is 17.9. The topological polar surface area (TPSA) is 101 Å². The van der Waals surface area contributed by atoms with E-state index in [1.807, 2.05) is 6.07 Å². The van der Waals surface area contributed by atoms with Gasteiger partial charge in [-0.3, -0.25) is 15.1 Å². The van der Waals surface area contributed by atoms with Crippen molar-refractivity contribution in [1.29, 1.82) is 0 Å². The first-order chi connectivity index (χ1) is 16.1. The maximum absolute atomic E-state index is 13.3. The van der Waals surface area contributed by atoms with Gasteiger partial charge in [-0.15, -0.1) is 0 Å². The lowest BCUT2D eigenvalue weighted by atomic mass is 10.1. The molecule has 3 heterocycles. The Morgan fingerprint density at radius 3 is 2.58 bits per heavy atom. The smallest absolute Gasteiger partial charge is 0.323 e. The van der Waals surface area contributed by atoms with E-state index < -0.39 is 0 Å². The molecule has 1 N–H and O–H groups in total. The fourth-order valence-electron chi connectivity index (χ4n) is 3.43. The molecule has 0 aliphatic carbocycles. The van der Waals surface area contributed by atoms with Crippen LogP contribution in [-0.2, 0) is 6.42 Å². The highest BCUT2D eigenvalue weighted by molar-refractivity contribution is 5.94. The Morgan fingerprint density at radius 2 is 1.82 bits per heavy atom. The SMILES string of the molecule is O=C(Nc1cnccn1)N1CCN(C(=O)c2ccnc(OCCc3cccc(F)c3)c2)CC1. The maximum Gasteiger partial charge on any atom is 0.323 e. The van der Waals surface area contributed by atoms with Gasteiger partial charge in [-0.1, -0.05) is 12.1 Å². The van der Waals surface area contributed by atoms with Crippen LogP contribution < -0.4 is 10.1 Å². The van der Waals surface area contributed by atoms with Gasteiger partial charge in [0.05, 0.1) is 12.8 Å². The van der Waals surface area contributed by atoms with Crippen LogP contribution in [-0.4, -0.2) is 69.5 Å².